The van der Waals surface area contributed by atoms with Crippen LogP contribution in [0, 0.1) is 0 Å². The second kappa shape index (κ2) is 3.32. The van der Waals surface area contributed by atoms with Gasteiger partial charge in [0.1, 0.15) is 5.71 Å². The van der Waals surface area contributed by atoms with Gasteiger partial charge in [0.2, 0.25) is 0 Å². The molecule has 3 nitrogen and oxygen atoms in total. The fourth-order valence-electron chi connectivity index (χ4n) is 0.948. The molecular formula is C8H12N2O. The zero-order valence-electron chi connectivity index (χ0n) is 6.87. The molecule has 1 amide bonds. The highest BCUT2D eigenvalue weighted by Gasteiger charge is 2.16. The van der Waals surface area contributed by atoms with Crippen LogP contribution in [0.25, 0.3) is 0 Å². The van der Waals surface area contributed by atoms with Crippen molar-refractivity contribution >= 4 is 11.6 Å². The second-order valence-electron chi connectivity index (χ2n) is 2.31. The SMILES string of the molecule is CCN(CC)C(=O)C1=NC=C1. The first-order chi connectivity index (χ1) is 5.29. The molecule has 0 aromatic rings. The van der Waals surface area contributed by atoms with E-state index in [1.54, 1.807) is 17.2 Å². The van der Waals surface area contributed by atoms with Crippen molar-refractivity contribution in [3.05, 3.63) is 12.3 Å². The molecule has 0 atom stereocenters. The summed E-state index contributed by atoms with van der Waals surface area (Å²) in [7, 11) is 0. The first-order valence-corrected chi connectivity index (χ1v) is 3.83. The van der Waals surface area contributed by atoms with E-state index >= 15 is 0 Å². The lowest BCUT2D eigenvalue weighted by Crippen LogP contribution is -2.36. The zero-order valence-corrected chi connectivity index (χ0v) is 6.87. The van der Waals surface area contributed by atoms with Gasteiger partial charge in [-0.15, -0.1) is 0 Å². The van der Waals surface area contributed by atoms with Gasteiger partial charge < -0.3 is 4.90 Å². The Morgan fingerprint density at radius 1 is 1.55 bits per heavy atom. The number of nitrogens with zero attached hydrogens (tertiary/aromatic N) is 2. The standard InChI is InChI=1S/C8H12N2O/c1-3-10(4-2)8(11)7-5-6-9-7/h5-6H,3-4H2,1-2H3. The number of aliphatic imine (C=N–C) groups is 1. The van der Waals surface area contributed by atoms with Gasteiger partial charge in [-0.1, -0.05) is 0 Å². The van der Waals surface area contributed by atoms with Crippen LogP contribution in [-0.2, 0) is 4.79 Å². The summed E-state index contributed by atoms with van der Waals surface area (Å²) in [5.41, 5.74) is 0.578. The summed E-state index contributed by atoms with van der Waals surface area (Å²) >= 11 is 0. The van der Waals surface area contributed by atoms with Crippen LogP contribution in [0.3, 0.4) is 0 Å². The zero-order chi connectivity index (χ0) is 8.27. The Balaban J connectivity index is 2.51. The molecule has 60 valence electrons. The molecule has 1 aliphatic heterocycles. The largest absolute Gasteiger partial charge is 0.338 e. The van der Waals surface area contributed by atoms with E-state index in [-0.39, 0.29) is 5.91 Å². The van der Waals surface area contributed by atoms with Crippen molar-refractivity contribution in [2.45, 2.75) is 13.8 Å². The lowest BCUT2D eigenvalue weighted by atomic mass is 10.2. The molecular weight excluding hydrogens is 140 g/mol. The molecule has 0 saturated heterocycles. The number of rotatable bonds is 3. The first-order valence-electron chi connectivity index (χ1n) is 3.83. The van der Waals surface area contributed by atoms with E-state index in [4.69, 9.17) is 0 Å². The van der Waals surface area contributed by atoms with Crippen molar-refractivity contribution in [1.29, 1.82) is 0 Å². The quantitative estimate of drug-likeness (QED) is 0.589. The summed E-state index contributed by atoms with van der Waals surface area (Å²) in [6.45, 7) is 5.43. The number of carbonyl (C=O) groups is 1. The highest BCUT2D eigenvalue weighted by molar-refractivity contribution is 6.45. The van der Waals surface area contributed by atoms with Gasteiger partial charge in [-0.2, -0.15) is 0 Å². The molecule has 0 aromatic heterocycles. The summed E-state index contributed by atoms with van der Waals surface area (Å²) < 4.78 is 0. The van der Waals surface area contributed by atoms with Crippen molar-refractivity contribution in [3.63, 3.8) is 0 Å². The third-order valence-corrected chi connectivity index (χ3v) is 1.72. The molecule has 11 heavy (non-hydrogen) atoms. The van der Waals surface area contributed by atoms with Crippen molar-refractivity contribution in [2.75, 3.05) is 13.1 Å². The minimum atomic E-state index is 0.0394. The van der Waals surface area contributed by atoms with Crippen LogP contribution in [0.4, 0.5) is 0 Å². The smallest absolute Gasteiger partial charge is 0.272 e. The summed E-state index contributed by atoms with van der Waals surface area (Å²) in [4.78, 5) is 16.9. The highest BCUT2D eigenvalue weighted by Crippen LogP contribution is 2.00. The van der Waals surface area contributed by atoms with Crippen LogP contribution in [0.15, 0.2) is 17.3 Å². The van der Waals surface area contributed by atoms with Crippen molar-refractivity contribution in [1.82, 2.24) is 4.90 Å². The van der Waals surface area contributed by atoms with Gasteiger partial charge in [-0.25, -0.2) is 0 Å². The molecule has 0 saturated carbocycles. The Morgan fingerprint density at radius 2 is 2.09 bits per heavy atom. The van der Waals surface area contributed by atoms with Gasteiger partial charge in [-0.05, 0) is 19.9 Å². The third kappa shape index (κ3) is 1.48. The van der Waals surface area contributed by atoms with Crippen LogP contribution >= 0.6 is 0 Å². The average Bonchev–Trinajstić information content (AvgIpc) is 1.86. The molecule has 0 aliphatic carbocycles. The van der Waals surface area contributed by atoms with E-state index in [1.165, 1.54) is 0 Å². The molecule has 0 N–H and O–H groups in total. The van der Waals surface area contributed by atoms with Crippen LogP contribution < -0.4 is 0 Å². The van der Waals surface area contributed by atoms with Gasteiger partial charge >= 0.3 is 0 Å². The second-order valence-corrected chi connectivity index (χ2v) is 2.31. The predicted molar refractivity (Wildman–Crippen MR) is 44.5 cm³/mol. The Hall–Kier alpha value is -1.12. The number of hydrogen-bond donors (Lipinski definition) is 0. The monoisotopic (exact) mass is 152 g/mol. The first kappa shape index (κ1) is 7.98. The molecule has 1 rings (SSSR count). The van der Waals surface area contributed by atoms with E-state index in [0.29, 0.717) is 5.71 Å². The molecule has 0 spiro atoms. The summed E-state index contributed by atoms with van der Waals surface area (Å²) in [5.74, 6) is 0.0394. The summed E-state index contributed by atoms with van der Waals surface area (Å²) in [6.07, 6.45) is 3.37. The normalized spacial score (nSPS) is 13.8. The molecule has 0 radical (unpaired) electrons. The lowest BCUT2D eigenvalue weighted by Gasteiger charge is -2.19. The Labute approximate surface area is 66.4 Å². The van der Waals surface area contributed by atoms with E-state index < -0.39 is 0 Å². The van der Waals surface area contributed by atoms with Crippen molar-refractivity contribution in [3.8, 4) is 0 Å². The number of hydrogen-bond acceptors (Lipinski definition) is 2. The summed E-state index contributed by atoms with van der Waals surface area (Å²) in [6, 6.07) is 0. The number of carbonyl (C=O) groups excluding carboxylic acids is 1. The lowest BCUT2D eigenvalue weighted by molar-refractivity contribution is -0.123. The molecule has 0 aromatic carbocycles. The maximum absolute atomic E-state index is 11.3. The van der Waals surface area contributed by atoms with Crippen molar-refractivity contribution < 1.29 is 4.79 Å². The molecule has 1 aliphatic rings. The van der Waals surface area contributed by atoms with E-state index in [0.717, 1.165) is 13.1 Å². The highest BCUT2D eigenvalue weighted by atomic mass is 16.2. The van der Waals surface area contributed by atoms with Crippen LogP contribution in [0.2, 0.25) is 0 Å². The minimum Gasteiger partial charge on any atom is -0.338 e. The van der Waals surface area contributed by atoms with Gasteiger partial charge in [0.05, 0.1) is 0 Å². The number of amides is 1. The molecule has 0 fully saturated rings. The maximum Gasteiger partial charge on any atom is 0.272 e. The van der Waals surface area contributed by atoms with Crippen molar-refractivity contribution in [2.24, 2.45) is 4.99 Å². The molecule has 0 bridgehead atoms. The van der Waals surface area contributed by atoms with Gasteiger partial charge in [0.15, 0.2) is 0 Å². The Bertz CT molecular complexity index is 214. The maximum atomic E-state index is 11.3. The Morgan fingerprint density at radius 3 is 2.36 bits per heavy atom. The molecule has 1 heterocycles. The minimum absolute atomic E-state index is 0.0394. The van der Waals surface area contributed by atoms with Crippen LogP contribution in [0.5, 0.6) is 0 Å². The fraction of sp³-hybridized carbons (Fsp3) is 0.500. The van der Waals surface area contributed by atoms with Crippen LogP contribution in [-0.4, -0.2) is 29.6 Å². The van der Waals surface area contributed by atoms with E-state index in [2.05, 4.69) is 4.99 Å². The molecule has 3 heteroatoms. The van der Waals surface area contributed by atoms with E-state index in [1.807, 2.05) is 13.8 Å². The summed E-state index contributed by atoms with van der Waals surface area (Å²) in [5, 5.41) is 0. The van der Waals surface area contributed by atoms with Gasteiger partial charge in [0, 0.05) is 19.3 Å². The van der Waals surface area contributed by atoms with Crippen LogP contribution in [0.1, 0.15) is 13.8 Å². The Kier molecular flexibility index (Phi) is 2.41. The predicted octanol–water partition coefficient (Wildman–Crippen LogP) is 0.823. The average molecular weight is 152 g/mol. The topological polar surface area (TPSA) is 32.7 Å². The van der Waals surface area contributed by atoms with Gasteiger partial charge in [-0.3, -0.25) is 9.79 Å². The third-order valence-electron chi connectivity index (χ3n) is 1.72. The van der Waals surface area contributed by atoms with E-state index in [9.17, 15) is 4.79 Å². The fourth-order valence-corrected chi connectivity index (χ4v) is 0.948. The molecule has 0 unspecified atom stereocenters. The van der Waals surface area contributed by atoms with Gasteiger partial charge in [0.25, 0.3) is 5.91 Å².